The fraction of sp³-hybridized carbons (Fsp3) is 0.438. The Hall–Kier alpha value is -1.79. The molecule has 19 heavy (non-hydrogen) atoms. The van der Waals surface area contributed by atoms with Crippen LogP contribution >= 0.6 is 0 Å². The highest BCUT2D eigenvalue weighted by Gasteiger charge is 2.25. The van der Waals surface area contributed by atoms with E-state index in [1.807, 2.05) is 37.1 Å². The molecule has 0 radical (unpaired) electrons. The number of aryl methyl sites for hydroxylation is 1. The molecule has 1 aromatic carbocycles. The van der Waals surface area contributed by atoms with Crippen LogP contribution in [0.1, 0.15) is 34.3 Å². The number of amides is 1. The summed E-state index contributed by atoms with van der Waals surface area (Å²) in [6, 6.07) is 5.74. The molecule has 0 bridgehead atoms. The molecule has 1 aliphatic rings. The van der Waals surface area contributed by atoms with Crippen LogP contribution in [0.3, 0.4) is 0 Å². The van der Waals surface area contributed by atoms with Gasteiger partial charge in [0.25, 0.3) is 5.91 Å². The van der Waals surface area contributed by atoms with Crippen molar-refractivity contribution in [3.8, 4) is 11.8 Å². The fourth-order valence-electron chi connectivity index (χ4n) is 2.12. The van der Waals surface area contributed by atoms with Crippen molar-refractivity contribution < 1.29 is 4.79 Å². The molecule has 1 fully saturated rings. The summed E-state index contributed by atoms with van der Waals surface area (Å²) < 4.78 is 0. The van der Waals surface area contributed by atoms with Gasteiger partial charge in [-0.3, -0.25) is 4.79 Å². The Morgan fingerprint density at radius 1 is 1.42 bits per heavy atom. The molecule has 0 heterocycles. The summed E-state index contributed by atoms with van der Waals surface area (Å²) in [5.41, 5.74) is 7.99. The highest BCUT2D eigenvalue weighted by atomic mass is 16.2. The first-order chi connectivity index (χ1) is 9.10. The van der Waals surface area contributed by atoms with Crippen LogP contribution < -0.4 is 5.73 Å². The molecule has 3 nitrogen and oxygen atoms in total. The maximum atomic E-state index is 12.3. The average Bonchev–Trinajstić information content (AvgIpc) is 3.18. The van der Waals surface area contributed by atoms with E-state index in [0.717, 1.165) is 17.7 Å². The Balaban J connectivity index is 2.17. The van der Waals surface area contributed by atoms with Crippen molar-refractivity contribution in [2.24, 2.45) is 11.7 Å². The Kier molecular flexibility index (Phi) is 4.24. The van der Waals surface area contributed by atoms with E-state index >= 15 is 0 Å². The zero-order valence-corrected chi connectivity index (χ0v) is 11.6. The molecule has 1 amide bonds. The van der Waals surface area contributed by atoms with Crippen LogP contribution in [0, 0.1) is 24.7 Å². The second kappa shape index (κ2) is 5.90. The molecule has 1 saturated carbocycles. The number of carbonyl (C=O) groups is 1. The number of hydrogen-bond acceptors (Lipinski definition) is 2. The van der Waals surface area contributed by atoms with E-state index in [1.54, 1.807) is 0 Å². The summed E-state index contributed by atoms with van der Waals surface area (Å²) in [6.45, 7) is 3.17. The van der Waals surface area contributed by atoms with E-state index in [9.17, 15) is 4.79 Å². The minimum atomic E-state index is 0.0754. The zero-order chi connectivity index (χ0) is 13.8. The summed E-state index contributed by atoms with van der Waals surface area (Å²) in [5.74, 6) is 6.59. The van der Waals surface area contributed by atoms with Crippen molar-refractivity contribution in [1.82, 2.24) is 4.90 Å². The van der Waals surface area contributed by atoms with Gasteiger partial charge < -0.3 is 10.6 Å². The molecule has 1 aliphatic carbocycles. The lowest BCUT2D eigenvalue weighted by Gasteiger charge is -2.17. The predicted octanol–water partition coefficient (Wildman–Crippen LogP) is 1.79. The van der Waals surface area contributed by atoms with Crippen molar-refractivity contribution in [2.75, 3.05) is 20.1 Å². The topological polar surface area (TPSA) is 46.3 Å². The molecule has 0 spiro atoms. The molecule has 3 heteroatoms. The average molecular weight is 256 g/mol. The minimum Gasteiger partial charge on any atom is -0.341 e. The molecule has 2 rings (SSSR count). The summed E-state index contributed by atoms with van der Waals surface area (Å²) in [5, 5.41) is 0. The number of nitrogens with two attached hydrogens (primary N) is 1. The van der Waals surface area contributed by atoms with E-state index in [2.05, 4.69) is 11.8 Å². The standard InChI is InChI=1S/C16H20N2O/c1-12-8-14(4-3-7-17)10-15(9-12)16(19)18(2)11-13-5-6-13/h8-10,13H,5-7,11,17H2,1-2H3. The maximum Gasteiger partial charge on any atom is 0.253 e. The van der Waals surface area contributed by atoms with Crippen molar-refractivity contribution in [3.05, 3.63) is 34.9 Å². The van der Waals surface area contributed by atoms with Gasteiger partial charge in [-0.15, -0.1) is 0 Å². The van der Waals surface area contributed by atoms with Crippen LogP contribution in [-0.4, -0.2) is 30.9 Å². The van der Waals surface area contributed by atoms with Gasteiger partial charge in [0.15, 0.2) is 0 Å². The van der Waals surface area contributed by atoms with Gasteiger partial charge in [-0.1, -0.05) is 11.8 Å². The fourth-order valence-corrected chi connectivity index (χ4v) is 2.12. The van der Waals surface area contributed by atoms with Gasteiger partial charge in [0, 0.05) is 24.7 Å². The maximum absolute atomic E-state index is 12.3. The van der Waals surface area contributed by atoms with Crippen molar-refractivity contribution >= 4 is 5.91 Å². The lowest BCUT2D eigenvalue weighted by atomic mass is 10.1. The van der Waals surface area contributed by atoms with Crippen LogP contribution in [0.4, 0.5) is 0 Å². The summed E-state index contributed by atoms with van der Waals surface area (Å²) in [4.78, 5) is 14.2. The first-order valence-corrected chi connectivity index (χ1v) is 6.66. The lowest BCUT2D eigenvalue weighted by Crippen LogP contribution is -2.28. The van der Waals surface area contributed by atoms with Crippen molar-refractivity contribution in [2.45, 2.75) is 19.8 Å². The SMILES string of the molecule is Cc1cc(C#CCN)cc(C(=O)N(C)CC2CC2)c1. The van der Waals surface area contributed by atoms with Crippen LogP contribution in [-0.2, 0) is 0 Å². The van der Waals surface area contributed by atoms with E-state index in [4.69, 9.17) is 5.73 Å². The van der Waals surface area contributed by atoms with E-state index in [1.165, 1.54) is 12.8 Å². The molecule has 0 atom stereocenters. The first kappa shape index (κ1) is 13.6. The van der Waals surface area contributed by atoms with Crippen molar-refractivity contribution in [3.63, 3.8) is 0 Å². The van der Waals surface area contributed by atoms with Crippen LogP contribution in [0.2, 0.25) is 0 Å². The van der Waals surface area contributed by atoms with Crippen LogP contribution in [0.5, 0.6) is 0 Å². The largest absolute Gasteiger partial charge is 0.341 e. The van der Waals surface area contributed by atoms with E-state index in [-0.39, 0.29) is 5.91 Å². The Bertz CT molecular complexity index is 535. The third-order valence-electron chi connectivity index (χ3n) is 3.23. The number of carbonyl (C=O) groups excluding carboxylic acids is 1. The monoisotopic (exact) mass is 256 g/mol. The summed E-state index contributed by atoms with van der Waals surface area (Å²) in [7, 11) is 1.87. The molecule has 0 aromatic heterocycles. The van der Waals surface area contributed by atoms with Crippen molar-refractivity contribution in [1.29, 1.82) is 0 Å². The van der Waals surface area contributed by atoms with Crippen LogP contribution in [0.25, 0.3) is 0 Å². The third-order valence-corrected chi connectivity index (χ3v) is 3.23. The second-order valence-electron chi connectivity index (χ2n) is 5.22. The smallest absolute Gasteiger partial charge is 0.253 e. The molecular formula is C16H20N2O. The Labute approximate surface area is 114 Å². The second-order valence-corrected chi connectivity index (χ2v) is 5.22. The molecule has 1 aromatic rings. The Morgan fingerprint density at radius 2 is 2.16 bits per heavy atom. The third kappa shape index (κ3) is 3.84. The van der Waals surface area contributed by atoms with Gasteiger partial charge in [0.1, 0.15) is 0 Å². The quantitative estimate of drug-likeness (QED) is 0.838. The van der Waals surface area contributed by atoms with Crippen LogP contribution in [0.15, 0.2) is 18.2 Å². The van der Waals surface area contributed by atoms with Gasteiger partial charge in [-0.25, -0.2) is 0 Å². The number of benzene rings is 1. The minimum absolute atomic E-state index is 0.0754. The molecular weight excluding hydrogens is 236 g/mol. The predicted molar refractivity (Wildman–Crippen MR) is 76.8 cm³/mol. The highest BCUT2D eigenvalue weighted by molar-refractivity contribution is 5.94. The Morgan fingerprint density at radius 3 is 2.79 bits per heavy atom. The summed E-state index contributed by atoms with van der Waals surface area (Å²) in [6.07, 6.45) is 2.50. The van der Waals surface area contributed by atoms with E-state index < -0.39 is 0 Å². The van der Waals surface area contributed by atoms with Gasteiger partial charge in [0.2, 0.25) is 0 Å². The number of rotatable bonds is 3. The van der Waals surface area contributed by atoms with Gasteiger partial charge in [0.05, 0.1) is 6.54 Å². The molecule has 0 aliphatic heterocycles. The molecule has 100 valence electrons. The zero-order valence-electron chi connectivity index (χ0n) is 11.6. The molecule has 0 unspecified atom stereocenters. The molecule has 0 saturated heterocycles. The van der Waals surface area contributed by atoms with Gasteiger partial charge in [-0.05, 0) is 49.4 Å². The van der Waals surface area contributed by atoms with Gasteiger partial charge >= 0.3 is 0 Å². The first-order valence-electron chi connectivity index (χ1n) is 6.66. The highest BCUT2D eigenvalue weighted by Crippen LogP contribution is 2.29. The summed E-state index contributed by atoms with van der Waals surface area (Å²) >= 11 is 0. The van der Waals surface area contributed by atoms with E-state index in [0.29, 0.717) is 18.0 Å². The number of nitrogens with zero attached hydrogens (tertiary/aromatic N) is 1. The lowest BCUT2D eigenvalue weighted by molar-refractivity contribution is 0.0788. The molecule has 2 N–H and O–H groups in total. The number of hydrogen-bond donors (Lipinski definition) is 1. The normalized spacial score (nSPS) is 13.6. The van der Waals surface area contributed by atoms with Gasteiger partial charge in [-0.2, -0.15) is 0 Å².